The lowest BCUT2D eigenvalue weighted by molar-refractivity contribution is -0.292. The second-order valence-corrected chi connectivity index (χ2v) is 4.67. The highest BCUT2D eigenvalue weighted by atomic mass is 16.5. The highest BCUT2D eigenvalue weighted by Crippen LogP contribution is 2.35. The first-order valence-corrected chi connectivity index (χ1v) is 6.75. The highest BCUT2D eigenvalue weighted by molar-refractivity contribution is 5.93. The molecule has 1 N–H and O–H groups in total. The maximum Gasteiger partial charge on any atom is 0.337 e. The lowest BCUT2D eigenvalue weighted by Crippen LogP contribution is -1.95. The van der Waals surface area contributed by atoms with E-state index in [1.807, 2.05) is 18.2 Å². The van der Waals surface area contributed by atoms with Crippen molar-refractivity contribution in [3.63, 3.8) is 0 Å². The van der Waals surface area contributed by atoms with Crippen LogP contribution in [0.2, 0.25) is 0 Å². The smallest absolute Gasteiger partial charge is 0.337 e. The fraction of sp³-hybridized carbons (Fsp3) is 0. The average molecular weight is 307 g/mol. The molecule has 0 unspecified atom stereocenters. The number of rotatable bonds is 4. The van der Waals surface area contributed by atoms with Crippen LogP contribution in [0.1, 0.15) is 10.4 Å². The first-order chi connectivity index (χ1) is 11.1. The maximum atomic E-state index is 11.8. The van der Waals surface area contributed by atoms with E-state index in [0.29, 0.717) is 5.76 Å². The SMILES string of the molecule is O=C(O)c1ccccc1N=Nc1cc(-c2ccccc2)oc1[O-]. The standard InChI is InChI=1S/C17H12N2O4/c20-16(21)12-8-4-5-9-13(12)18-19-14-10-15(23-17(14)22)11-6-2-1-3-7-11/h1-10,22H,(H,20,21)/p-1. The second kappa shape index (κ2) is 6.15. The van der Waals surface area contributed by atoms with E-state index in [1.54, 1.807) is 24.3 Å². The largest absolute Gasteiger partial charge is 0.577 e. The summed E-state index contributed by atoms with van der Waals surface area (Å²) in [7, 11) is 0. The summed E-state index contributed by atoms with van der Waals surface area (Å²) >= 11 is 0. The molecule has 2 aromatic carbocycles. The molecule has 6 nitrogen and oxygen atoms in total. The number of furan rings is 1. The molecule has 0 amide bonds. The van der Waals surface area contributed by atoms with E-state index < -0.39 is 11.9 Å². The third kappa shape index (κ3) is 3.11. The van der Waals surface area contributed by atoms with Gasteiger partial charge in [0.1, 0.15) is 11.4 Å². The number of benzene rings is 2. The van der Waals surface area contributed by atoms with Crippen molar-refractivity contribution in [3.05, 3.63) is 66.2 Å². The minimum Gasteiger partial charge on any atom is -0.577 e. The Balaban J connectivity index is 1.92. The second-order valence-electron chi connectivity index (χ2n) is 4.67. The van der Waals surface area contributed by atoms with Crippen LogP contribution in [-0.4, -0.2) is 11.1 Å². The van der Waals surface area contributed by atoms with Gasteiger partial charge in [0.05, 0.1) is 11.5 Å². The van der Waals surface area contributed by atoms with Crippen LogP contribution in [0.3, 0.4) is 0 Å². The molecular formula is C17H11N2O4-. The summed E-state index contributed by atoms with van der Waals surface area (Å²) in [5, 5.41) is 28.6. The van der Waals surface area contributed by atoms with Gasteiger partial charge >= 0.3 is 5.97 Å². The molecule has 6 heteroatoms. The zero-order valence-corrected chi connectivity index (χ0v) is 11.8. The Kier molecular flexibility index (Phi) is 3.88. The molecule has 0 atom stereocenters. The third-order valence-electron chi connectivity index (χ3n) is 3.14. The normalized spacial score (nSPS) is 11.0. The molecule has 3 aromatic rings. The van der Waals surface area contributed by atoms with Gasteiger partial charge in [0.15, 0.2) is 0 Å². The van der Waals surface area contributed by atoms with Crippen molar-refractivity contribution >= 4 is 17.3 Å². The number of carbonyl (C=O) groups is 1. The van der Waals surface area contributed by atoms with E-state index >= 15 is 0 Å². The summed E-state index contributed by atoms with van der Waals surface area (Å²) < 4.78 is 5.14. The van der Waals surface area contributed by atoms with Crippen molar-refractivity contribution < 1.29 is 19.4 Å². The molecule has 23 heavy (non-hydrogen) atoms. The van der Waals surface area contributed by atoms with E-state index in [2.05, 4.69) is 10.2 Å². The van der Waals surface area contributed by atoms with Gasteiger partial charge in [-0.15, -0.1) is 10.2 Å². The van der Waals surface area contributed by atoms with Crippen molar-refractivity contribution in [2.24, 2.45) is 10.2 Å². The number of nitrogens with zero attached hydrogens (tertiary/aromatic N) is 2. The van der Waals surface area contributed by atoms with Crippen LogP contribution in [0, 0.1) is 0 Å². The molecule has 1 aromatic heterocycles. The minimum atomic E-state index is -1.11. The molecular weight excluding hydrogens is 296 g/mol. The van der Waals surface area contributed by atoms with Crippen LogP contribution in [0.25, 0.3) is 11.3 Å². The number of azo groups is 1. The topological polar surface area (TPSA) is 98.2 Å². The molecule has 0 aliphatic heterocycles. The summed E-state index contributed by atoms with van der Waals surface area (Å²) in [6, 6.07) is 16.8. The molecule has 0 saturated carbocycles. The van der Waals surface area contributed by atoms with Gasteiger partial charge in [-0.3, -0.25) is 0 Å². The van der Waals surface area contributed by atoms with Crippen molar-refractivity contribution in [3.8, 4) is 17.3 Å². The summed E-state index contributed by atoms with van der Waals surface area (Å²) in [6.07, 6.45) is 0. The third-order valence-corrected chi connectivity index (χ3v) is 3.14. The van der Waals surface area contributed by atoms with Crippen LogP contribution in [0.5, 0.6) is 5.95 Å². The molecule has 0 aliphatic carbocycles. The molecule has 114 valence electrons. The van der Waals surface area contributed by atoms with Crippen LogP contribution in [0.4, 0.5) is 11.4 Å². The fourth-order valence-corrected chi connectivity index (χ4v) is 2.03. The first-order valence-electron chi connectivity index (χ1n) is 6.75. The van der Waals surface area contributed by atoms with Gasteiger partial charge in [-0.2, -0.15) is 0 Å². The van der Waals surface area contributed by atoms with Gasteiger partial charge in [-0.05, 0) is 23.8 Å². The highest BCUT2D eigenvalue weighted by Gasteiger charge is 2.08. The zero-order valence-electron chi connectivity index (χ0n) is 11.8. The van der Waals surface area contributed by atoms with Crippen LogP contribution < -0.4 is 5.11 Å². The molecule has 0 fully saturated rings. The number of hydrogen-bond donors (Lipinski definition) is 1. The van der Waals surface area contributed by atoms with E-state index in [0.717, 1.165) is 5.56 Å². The predicted molar refractivity (Wildman–Crippen MR) is 81.2 cm³/mol. The summed E-state index contributed by atoms with van der Waals surface area (Å²) in [5.41, 5.74) is 0.943. The molecule has 0 radical (unpaired) electrons. The van der Waals surface area contributed by atoms with Gasteiger partial charge in [0, 0.05) is 5.76 Å². The Hall–Kier alpha value is -3.41. The summed E-state index contributed by atoms with van der Waals surface area (Å²) in [4.78, 5) is 11.1. The molecule has 0 saturated heterocycles. The number of carboxylic acids is 1. The maximum absolute atomic E-state index is 11.8. The minimum absolute atomic E-state index is 0.00970. The summed E-state index contributed by atoms with van der Waals surface area (Å²) in [6.45, 7) is 0. The molecule has 3 rings (SSSR count). The van der Waals surface area contributed by atoms with Gasteiger partial charge in [0.2, 0.25) is 0 Å². The predicted octanol–water partition coefficient (Wildman–Crippen LogP) is 4.13. The van der Waals surface area contributed by atoms with Crippen LogP contribution in [-0.2, 0) is 0 Å². The first kappa shape index (κ1) is 14.5. The van der Waals surface area contributed by atoms with Crippen LogP contribution >= 0.6 is 0 Å². The Bertz CT molecular complexity index is 869. The van der Waals surface area contributed by atoms with Gasteiger partial charge in [-0.25, -0.2) is 4.79 Å². The molecule has 0 spiro atoms. The monoisotopic (exact) mass is 307 g/mol. The van der Waals surface area contributed by atoms with Crippen molar-refractivity contribution in [2.45, 2.75) is 0 Å². The Morgan fingerprint density at radius 3 is 2.35 bits per heavy atom. The van der Waals surface area contributed by atoms with Crippen LogP contribution in [0.15, 0.2) is 75.3 Å². The fourth-order valence-electron chi connectivity index (χ4n) is 2.03. The van der Waals surface area contributed by atoms with Gasteiger partial charge < -0.3 is 14.6 Å². The zero-order chi connectivity index (χ0) is 16.2. The van der Waals surface area contributed by atoms with E-state index in [4.69, 9.17) is 9.52 Å². The lowest BCUT2D eigenvalue weighted by atomic mass is 10.2. The number of carboxylic acid groups (broad SMARTS) is 1. The molecule has 1 heterocycles. The van der Waals surface area contributed by atoms with Crippen molar-refractivity contribution in [1.82, 2.24) is 0 Å². The lowest BCUT2D eigenvalue weighted by Gasteiger charge is -2.00. The van der Waals surface area contributed by atoms with Crippen molar-refractivity contribution in [2.75, 3.05) is 0 Å². The average Bonchev–Trinajstić information content (AvgIpc) is 2.95. The molecule has 0 aliphatic rings. The molecule has 0 bridgehead atoms. The van der Waals surface area contributed by atoms with Gasteiger partial charge in [0.25, 0.3) is 0 Å². The summed E-state index contributed by atoms with van der Waals surface area (Å²) in [5.74, 6) is -1.35. The quantitative estimate of drug-likeness (QED) is 0.732. The Labute approximate surface area is 131 Å². The number of aromatic carboxylic acids is 1. The van der Waals surface area contributed by atoms with E-state index in [1.165, 1.54) is 18.2 Å². The number of hydrogen-bond acceptors (Lipinski definition) is 5. The van der Waals surface area contributed by atoms with Gasteiger partial charge in [-0.1, -0.05) is 42.5 Å². The Morgan fingerprint density at radius 2 is 1.61 bits per heavy atom. The Morgan fingerprint density at radius 1 is 0.957 bits per heavy atom. The van der Waals surface area contributed by atoms with E-state index in [-0.39, 0.29) is 16.9 Å². The van der Waals surface area contributed by atoms with Crippen molar-refractivity contribution in [1.29, 1.82) is 0 Å². The van der Waals surface area contributed by atoms with E-state index in [9.17, 15) is 9.90 Å².